The number of carbonyl (C=O) groups excluding carboxylic acids is 3. The molecule has 1 aromatic carbocycles. The van der Waals surface area contributed by atoms with Crippen LogP contribution in [-0.4, -0.2) is 39.4 Å². The largest absolute Gasteiger partial charge is 0.485 e. The van der Waals surface area contributed by atoms with Crippen LogP contribution in [-0.2, 0) is 16.1 Å². The van der Waals surface area contributed by atoms with Gasteiger partial charge in [-0.25, -0.2) is 18.6 Å². The molecule has 0 aliphatic rings. The van der Waals surface area contributed by atoms with Crippen molar-refractivity contribution in [1.82, 2.24) is 25.6 Å². The first kappa shape index (κ1) is 26.4. The number of aromatic nitrogens is 2. The van der Waals surface area contributed by atoms with Crippen LogP contribution in [0.15, 0.2) is 30.5 Å². The normalized spacial score (nSPS) is 11.2. The fourth-order valence-electron chi connectivity index (χ4n) is 3.25. The molecule has 3 N–H and O–H groups in total. The maximum absolute atomic E-state index is 14.0. The second-order valence-electron chi connectivity index (χ2n) is 8.97. The lowest BCUT2D eigenvalue weighted by molar-refractivity contribution is -0.121. The number of alkyl carbamates (subject to hydrolysis) is 1. The molecule has 0 bridgehead atoms. The highest BCUT2D eigenvalue weighted by molar-refractivity contribution is 5.96. The molecule has 0 aliphatic heterocycles. The van der Waals surface area contributed by atoms with Gasteiger partial charge < -0.3 is 14.8 Å². The molecular formula is C24H27F2N5O5. The highest BCUT2D eigenvalue weighted by atomic mass is 19.1. The average molecular weight is 504 g/mol. The van der Waals surface area contributed by atoms with E-state index in [1.807, 2.05) is 0 Å². The maximum Gasteiger partial charge on any atom is 0.408 e. The number of benzene rings is 1. The van der Waals surface area contributed by atoms with E-state index in [-0.39, 0.29) is 29.3 Å². The number of hydrazine groups is 1. The summed E-state index contributed by atoms with van der Waals surface area (Å²) >= 11 is 0. The van der Waals surface area contributed by atoms with Gasteiger partial charge in [0.05, 0.1) is 11.3 Å². The van der Waals surface area contributed by atoms with Crippen molar-refractivity contribution < 1.29 is 32.6 Å². The summed E-state index contributed by atoms with van der Waals surface area (Å²) in [5.41, 5.74) is 4.88. The molecule has 36 heavy (non-hydrogen) atoms. The number of nitrogens with one attached hydrogen (secondary N) is 3. The van der Waals surface area contributed by atoms with Gasteiger partial charge in [0.25, 0.3) is 11.8 Å². The minimum absolute atomic E-state index is 0.107. The lowest BCUT2D eigenvalue weighted by Crippen LogP contribution is -2.47. The molecule has 0 spiro atoms. The van der Waals surface area contributed by atoms with E-state index < -0.39 is 41.7 Å². The third-order valence-electron chi connectivity index (χ3n) is 4.75. The lowest BCUT2D eigenvalue weighted by atomic mass is 10.2. The molecule has 3 amide bonds. The van der Waals surface area contributed by atoms with Crippen molar-refractivity contribution in [1.29, 1.82) is 0 Å². The Morgan fingerprint density at radius 3 is 2.39 bits per heavy atom. The van der Waals surface area contributed by atoms with Crippen LogP contribution in [0.4, 0.5) is 13.6 Å². The van der Waals surface area contributed by atoms with Crippen molar-refractivity contribution >= 4 is 23.6 Å². The number of hydrogen-bond donors (Lipinski definition) is 3. The van der Waals surface area contributed by atoms with Gasteiger partial charge in [0, 0.05) is 6.20 Å². The highest BCUT2D eigenvalue weighted by Crippen LogP contribution is 2.26. The van der Waals surface area contributed by atoms with Crippen molar-refractivity contribution in [3.63, 3.8) is 0 Å². The molecule has 12 heteroatoms. The second-order valence-corrected chi connectivity index (χ2v) is 8.97. The fraction of sp³-hybridized carbons (Fsp3) is 0.333. The number of pyridine rings is 1. The van der Waals surface area contributed by atoms with Gasteiger partial charge in [-0.2, -0.15) is 0 Å². The summed E-state index contributed by atoms with van der Waals surface area (Å²) in [6.45, 7) is 7.57. The third kappa shape index (κ3) is 6.46. The van der Waals surface area contributed by atoms with Crippen molar-refractivity contribution in [2.45, 2.75) is 46.8 Å². The molecule has 192 valence electrons. The summed E-state index contributed by atoms with van der Waals surface area (Å²) in [6.07, 6.45) is 0.854. The summed E-state index contributed by atoms with van der Waals surface area (Å²) in [5.74, 6) is -2.63. The Balaban J connectivity index is 1.71. The summed E-state index contributed by atoms with van der Waals surface area (Å²) in [5, 5.41) is 2.28. The quantitative estimate of drug-likeness (QED) is 0.445. The second kappa shape index (κ2) is 10.6. The van der Waals surface area contributed by atoms with Crippen molar-refractivity contribution in [2.24, 2.45) is 0 Å². The average Bonchev–Trinajstić information content (AvgIpc) is 3.10. The predicted molar refractivity (Wildman–Crippen MR) is 125 cm³/mol. The van der Waals surface area contributed by atoms with E-state index >= 15 is 0 Å². The van der Waals surface area contributed by atoms with Gasteiger partial charge in [0.15, 0.2) is 11.4 Å². The molecule has 0 radical (unpaired) electrons. The molecular weight excluding hydrogens is 476 g/mol. The number of ether oxygens (including phenoxy) is 2. The number of imidazole rings is 1. The van der Waals surface area contributed by atoms with E-state index in [1.54, 1.807) is 46.9 Å². The van der Waals surface area contributed by atoms with E-state index in [2.05, 4.69) is 21.2 Å². The Morgan fingerprint density at radius 1 is 1.08 bits per heavy atom. The van der Waals surface area contributed by atoms with Crippen molar-refractivity contribution in [3.8, 4) is 5.75 Å². The zero-order chi connectivity index (χ0) is 26.6. The zero-order valence-corrected chi connectivity index (χ0v) is 20.5. The smallest absolute Gasteiger partial charge is 0.408 e. The highest BCUT2D eigenvalue weighted by Gasteiger charge is 2.21. The SMILES string of the molecule is Cc1cc(OCc2c(F)cccc2F)c2nc(C)c(C(=O)NNC(=O)CNC(=O)OC(C)(C)C)n2c1. The number of aryl methyl sites for hydroxylation is 2. The van der Waals surface area contributed by atoms with Gasteiger partial charge in [-0.15, -0.1) is 0 Å². The number of fused-ring (bicyclic) bond motifs is 1. The van der Waals surface area contributed by atoms with Gasteiger partial charge in [-0.05, 0) is 58.4 Å². The molecule has 3 rings (SSSR count). The van der Waals surface area contributed by atoms with Crippen molar-refractivity contribution in [3.05, 3.63) is 64.6 Å². The van der Waals surface area contributed by atoms with Gasteiger partial charge in [0.2, 0.25) is 0 Å². The lowest BCUT2D eigenvalue weighted by Gasteiger charge is -2.19. The monoisotopic (exact) mass is 503 g/mol. The minimum Gasteiger partial charge on any atom is -0.485 e. The fourth-order valence-corrected chi connectivity index (χ4v) is 3.25. The zero-order valence-electron chi connectivity index (χ0n) is 20.5. The van der Waals surface area contributed by atoms with Crippen LogP contribution >= 0.6 is 0 Å². The van der Waals surface area contributed by atoms with Crippen LogP contribution in [0.3, 0.4) is 0 Å². The number of halogens is 2. The minimum atomic E-state index is -0.778. The Bertz CT molecular complexity index is 1300. The Kier molecular flexibility index (Phi) is 7.76. The van der Waals surface area contributed by atoms with Crippen LogP contribution in [0.5, 0.6) is 5.75 Å². The number of rotatable bonds is 6. The van der Waals surface area contributed by atoms with Gasteiger partial charge in [0.1, 0.15) is 36.1 Å². The molecule has 3 aromatic rings. The van der Waals surface area contributed by atoms with Gasteiger partial charge in [-0.1, -0.05) is 6.07 Å². The number of hydrogen-bond acceptors (Lipinski definition) is 6. The van der Waals surface area contributed by atoms with E-state index in [0.717, 1.165) is 12.1 Å². The van der Waals surface area contributed by atoms with Crippen LogP contribution < -0.4 is 20.9 Å². The maximum atomic E-state index is 14.0. The van der Waals surface area contributed by atoms with Crippen LogP contribution in [0.1, 0.15) is 48.1 Å². The molecule has 0 saturated carbocycles. The summed E-state index contributed by atoms with van der Waals surface area (Å²) < 4.78 is 40.1. The van der Waals surface area contributed by atoms with Crippen LogP contribution in [0.2, 0.25) is 0 Å². The molecule has 2 heterocycles. The van der Waals surface area contributed by atoms with E-state index in [9.17, 15) is 23.2 Å². The topological polar surface area (TPSA) is 123 Å². The van der Waals surface area contributed by atoms with Gasteiger partial charge >= 0.3 is 6.09 Å². The summed E-state index contributed by atoms with van der Waals surface area (Å²) in [4.78, 5) is 40.9. The van der Waals surface area contributed by atoms with Crippen LogP contribution in [0, 0.1) is 25.5 Å². The van der Waals surface area contributed by atoms with Gasteiger partial charge in [-0.3, -0.25) is 24.8 Å². The Morgan fingerprint density at radius 2 is 1.75 bits per heavy atom. The van der Waals surface area contributed by atoms with E-state index in [1.165, 1.54) is 10.5 Å². The predicted octanol–water partition coefficient (Wildman–Crippen LogP) is 3.09. The number of amides is 3. The molecule has 2 aromatic heterocycles. The van der Waals surface area contributed by atoms with E-state index in [0.29, 0.717) is 11.3 Å². The molecule has 0 unspecified atom stereocenters. The van der Waals surface area contributed by atoms with E-state index in [4.69, 9.17) is 9.47 Å². The Labute approximate surface area is 206 Å². The first-order chi connectivity index (χ1) is 16.9. The molecule has 0 fully saturated rings. The molecule has 0 atom stereocenters. The molecule has 0 aliphatic carbocycles. The summed E-state index contributed by atoms with van der Waals surface area (Å²) in [6, 6.07) is 5.15. The molecule has 10 nitrogen and oxygen atoms in total. The summed E-state index contributed by atoms with van der Waals surface area (Å²) in [7, 11) is 0. The van der Waals surface area contributed by atoms with Crippen molar-refractivity contribution in [2.75, 3.05) is 6.54 Å². The van der Waals surface area contributed by atoms with Crippen LogP contribution in [0.25, 0.3) is 5.65 Å². The molecule has 0 saturated heterocycles. The first-order valence-electron chi connectivity index (χ1n) is 11.0. The number of carbonyl (C=O) groups is 3. The third-order valence-corrected chi connectivity index (χ3v) is 4.75. The standard InChI is InChI=1S/C24H27F2N5O5/c1-13-9-18(35-12-15-16(25)7-6-8-17(15)26)21-28-14(2)20(31(21)11-13)22(33)30-29-19(32)10-27-23(34)36-24(3,4)5/h6-9,11H,10,12H2,1-5H3,(H,27,34)(H,29,32)(H,30,33). The number of nitrogens with zero attached hydrogens (tertiary/aromatic N) is 2. The Hall–Kier alpha value is -4.22. The first-order valence-corrected chi connectivity index (χ1v) is 11.0.